The van der Waals surface area contributed by atoms with Crippen LogP contribution >= 0.6 is 0 Å². The molecule has 1 aromatic heterocycles. The second kappa shape index (κ2) is 12.3. The Balaban J connectivity index is 2.21. The fourth-order valence-corrected chi connectivity index (χ4v) is 4.53. The molecule has 2 atom stereocenters. The molecule has 200 valence electrons. The molecule has 0 spiro atoms. The van der Waals surface area contributed by atoms with Crippen LogP contribution in [0.25, 0.3) is 10.9 Å². The lowest BCUT2D eigenvalue weighted by Gasteiger charge is -2.28. The summed E-state index contributed by atoms with van der Waals surface area (Å²) >= 11 is 0. The number of benzene rings is 2. The van der Waals surface area contributed by atoms with Crippen molar-refractivity contribution in [3.63, 3.8) is 0 Å². The molecule has 0 saturated carbocycles. The minimum atomic E-state index is -1.31. The van der Waals surface area contributed by atoms with Crippen LogP contribution in [0.1, 0.15) is 66.7 Å². The van der Waals surface area contributed by atoms with Crippen molar-refractivity contribution in [2.75, 3.05) is 20.8 Å². The van der Waals surface area contributed by atoms with Gasteiger partial charge in [-0.05, 0) is 42.0 Å². The van der Waals surface area contributed by atoms with Gasteiger partial charge in [0.2, 0.25) is 5.43 Å². The number of halogens is 1. The molecule has 3 rings (SSSR count). The molecule has 3 aromatic rings. The third kappa shape index (κ3) is 6.19. The first-order valence-corrected chi connectivity index (χ1v) is 12.5. The van der Waals surface area contributed by atoms with Crippen LogP contribution in [0.3, 0.4) is 0 Å². The van der Waals surface area contributed by atoms with E-state index in [0.29, 0.717) is 28.0 Å². The monoisotopic (exact) mass is 513 g/mol. The topological polar surface area (TPSA) is 87.0 Å². The largest absolute Gasteiger partial charge is 0.496 e. The van der Waals surface area contributed by atoms with E-state index in [1.807, 2.05) is 20.8 Å². The van der Waals surface area contributed by atoms with Crippen molar-refractivity contribution in [1.82, 2.24) is 4.57 Å². The second-order valence-electron chi connectivity index (χ2n) is 9.59. The lowest BCUT2D eigenvalue weighted by molar-refractivity contribution is -0.137. The Morgan fingerprint density at radius 3 is 2.49 bits per heavy atom. The van der Waals surface area contributed by atoms with Crippen LogP contribution in [0.4, 0.5) is 4.39 Å². The van der Waals surface area contributed by atoms with Gasteiger partial charge in [0.05, 0.1) is 25.3 Å². The molecule has 1 N–H and O–H groups in total. The number of aromatic carboxylic acids is 1. The zero-order valence-electron chi connectivity index (χ0n) is 22.3. The average Bonchev–Trinajstić information content (AvgIpc) is 2.86. The van der Waals surface area contributed by atoms with Crippen LogP contribution in [0.5, 0.6) is 5.75 Å². The molecule has 1 unspecified atom stereocenters. The Morgan fingerprint density at radius 2 is 1.89 bits per heavy atom. The number of carboxylic acid groups (broad SMARTS) is 1. The Labute approximate surface area is 216 Å². The van der Waals surface area contributed by atoms with E-state index in [2.05, 4.69) is 0 Å². The zero-order valence-corrected chi connectivity index (χ0v) is 22.3. The number of carbonyl (C=O) groups is 1. The number of aryl methyl sites for hydroxylation is 1. The summed E-state index contributed by atoms with van der Waals surface area (Å²) < 4.78 is 33.7. The van der Waals surface area contributed by atoms with Gasteiger partial charge < -0.3 is 23.9 Å². The SMILES string of the molecule is CCCC(OC)OC[C@H](C(C)C)n1cc(C(=O)O)c(=O)c2cc(Cc3cccc(C)c3F)c(OC)cc21. The summed E-state index contributed by atoms with van der Waals surface area (Å²) in [5.41, 5.74) is 1.15. The molecule has 0 bridgehead atoms. The maximum atomic E-state index is 14.8. The predicted molar refractivity (Wildman–Crippen MR) is 141 cm³/mol. The van der Waals surface area contributed by atoms with Gasteiger partial charge in [0.25, 0.3) is 0 Å². The average molecular weight is 514 g/mol. The van der Waals surface area contributed by atoms with Crippen LogP contribution in [0.15, 0.2) is 41.3 Å². The van der Waals surface area contributed by atoms with E-state index in [1.54, 1.807) is 48.9 Å². The van der Waals surface area contributed by atoms with Crippen molar-refractivity contribution in [2.24, 2.45) is 5.92 Å². The van der Waals surface area contributed by atoms with Gasteiger partial charge in [-0.25, -0.2) is 9.18 Å². The molecule has 0 saturated heterocycles. The van der Waals surface area contributed by atoms with Crippen LogP contribution in [0.2, 0.25) is 0 Å². The third-order valence-electron chi connectivity index (χ3n) is 6.68. The van der Waals surface area contributed by atoms with Gasteiger partial charge in [0, 0.05) is 31.2 Å². The van der Waals surface area contributed by atoms with E-state index in [1.165, 1.54) is 13.3 Å². The number of ether oxygens (including phenoxy) is 3. The highest BCUT2D eigenvalue weighted by Crippen LogP contribution is 2.31. The number of nitrogens with zero attached hydrogens (tertiary/aromatic N) is 1. The van der Waals surface area contributed by atoms with Gasteiger partial charge in [-0.15, -0.1) is 0 Å². The van der Waals surface area contributed by atoms with E-state index < -0.39 is 11.4 Å². The van der Waals surface area contributed by atoms with E-state index in [4.69, 9.17) is 14.2 Å². The van der Waals surface area contributed by atoms with Gasteiger partial charge in [-0.2, -0.15) is 0 Å². The van der Waals surface area contributed by atoms with Crippen molar-refractivity contribution in [3.8, 4) is 5.75 Å². The van der Waals surface area contributed by atoms with Crippen molar-refractivity contribution in [2.45, 2.75) is 59.3 Å². The number of fused-ring (bicyclic) bond motifs is 1. The van der Waals surface area contributed by atoms with E-state index in [0.717, 1.165) is 12.8 Å². The molecular weight excluding hydrogens is 477 g/mol. The first-order chi connectivity index (χ1) is 17.6. The lowest BCUT2D eigenvalue weighted by atomic mass is 9.97. The minimum Gasteiger partial charge on any atom is -0.496 e. The molecule has 2 aromatic carbocycles. The van der Waals surface area contributed by atoms with Crippen LogP contribution in [-0.4, -0.2) is 42.8 Å². The summed E-state index contributed by atoms with van der Waals surface area (Å²) in [5.74, 6) is -1.11. The normalized spacial score (nSPS) is 13.2. The third-order valence-corrected chi connectivity index (χ3v) is 6.68. The lowest BCUT2D eigenvalue weighted by Crippen LogP contribution is -2.28. The summed E-state index contributed by atoms with van der Waals surface area (Å²) in [4.78, 5) is 25.3. The van der Waals surface area contributed by atoms with Crippen LogP contribution in [-0.2, 0) is 15.9 Å². The molecule has 0 aliphatic rings. The fourth-order valence-electron chi connectivity index (χ4n) is 4.53. The molecule has 1 heterocycles. The molecule has 0 amide bonds. The zero-order chi connectivity index (χ0) is 27.3. The van der Waals surface area contributed by atoms with E-state index in [9.17, 15) is 19.1 Å². The van der Waals surface area contributed by atoms with Crippen molar-refractivity contribution in [1.29, 1.82) is 0 Å². The Hall–Kier alpha value is -3.23. The van der Waals surface area contributed by atoms with Crippen molar-refractivity contribution >= 4 is 16.9 Å². The Kier molecular flexibility index (Phi) is 9.45. The number of rotatable bonds is 12. The number of aromatic nitrogens is 1. The first-order valence-electron chi connectivity index (χ1n) is 12.5. The quantitative estimate of drug-likeness (QED) is 0.311. The van der Waals surface area contributed by atoms with Gasteiger partial charge >= 0.3 is 5.97 Å². The summed E-state index contributed by atoms with van der Waals surface area (Å²) in [6.07, 6.45) is 2.78. The first kappa shape index (κ1) is 28.3. The number of carboxylic acids is 1. The van der Waals surface area contributed by atoms with Gasteiger partial charge in [0.15, 0.2) is 6.29 Å². The maximum Gasteiger partial charge on any atom is 0.341 e. The van der Waals surface area contributed by atoms with Crippen molar-refractivity contribution < 1.29 is 28.5 Å². The molecule has 0 radical (unpaired) electrons. The molecule has 8 heteroatoms. The number of methoxy groups -OCH3 is 2. The second-order valence-corrected chi connectivity index (χ2v) is 9.59. The fraction of sp³-hybridized carbons (Fsp3) is 0.448. The smallest absolute Gasteiger partial charge is 0.341 e. The molecule has 0 fully saturated rings. The summed E-state index contributed by atoms with van der Waals surface area (Å²) in [6.45, 7) is 8.00. The standard InChI is InChI=1S/C29H36FNO6/c1-7-9-26(36-6)37-16-24(17(2)3)31-15-22(29(33)34)28(32)21-13-20(25(35-5)14-23(21)31)12-19-11-8-10-18(4)27(19)30/h8,10-11,13-15,17,24,26H,7,9,12,16H2,1-6H3,(H,33,34)/t24-,26?/m1/s1. The van der Waals surface area contributed by atoms with Gasteiger partial charge in [-0.1, -0.05) is 45.4 Å². The number of hydrogen-bond acceptors (Lipinski definition) is 5. The van der Waals surface area contributed by atoms with Crippen molar-refractivity contribution in [3.05, 3.63) is 74.8 Å². The molecule has 7 nitrogen and oxygen atoms in total. The van der Waals surface area contributed by atoms with E-state index in [-0.39, 0.29) is 48.0 Å². The van der Waals surface area contributed by atoms with E-state index >= 15 is 0 Å². The Morgan fingerprint density at radius 1 is 1.16 bits per heavy atom. The maximum absolute atomic E-state index is 14.8. The van der Waals surface area contributed by atoms with Crippen LogP contribution in [0, 0.1) is 18.7 Å². The highest BCUT2D eigenvalue weighted by molar-refractivity contribution is 5.93. The summed E-state index contributed by atoms with van der Waals surface area (Å²) in [5, 5.41) is 10.1. The number of hydrogen-bond donors (Lipinski definition) is 1. The minimum absolute atomic E-state index is 0.0403. The Bertz CT molecular complexity index is 1320. The molecule has 0 aliphatic carbocycles. The molecule has 0 aliphatic heterocycles. The highest BCUT2D eigenvalue weighted by atomic mass is 19.1. The molecule has 37 heavy (non-hydrogen) atoms. The highest BCUT2D eigenvalue weighted by Gasteiger charge is 2.24. The van der Waals surface area contributed by atoms with Gasteiger partial charge in [-0.3, -0.25) is 4.79 Å². The summed E-state index contributed by atoms with van der Waals surface area (Å²) in [6, 6.07) is 8.20. The summed E-state index contributed by atoms with van der Waals surface area (Å²) in [7, 11) is 3.10. The van der Waals surface area contributed by atoms with Crippen LogP contribution < -0.4 is 10.2 Å². The molecular formula is C29H36FNO6. The van der Waals surface area contributed by atoms with Gasteiger partial charge in [0.1, 0.15) is 17.1 Å². The number of pyridine rings is 1. The predicted octanol–water partition coefficient (Wildman–Crippen LogP) is 5.73.